The van der Waals surface area contributed by atoms with Gasteiger partial charge in [0.1, 0.15) is 28.5 Å². The summed E-state index contributed by atoms with van der Waals surface area (Å²) in [5, 5.41) is 3.35. The Labute approximate surface area is 244 Å². The SMILES string of the molecule is COc1cccc(-c2cc(C(=O)Nc3cc4ccc(OC5CCC(OC)C(C)(C)O5)c(C)c4oc3=O)ccc2OC)c1. The van der Waals surface area contributed by atoms with Crippen molar-refractivity contribution >= 4 is 22.6 Å². The van der Waals surface area contributed by atoms with Crippen LogP contribution < -0.4 is 25.2 Å². The van der Waals surface area contributed by atoms with Crippen molar-refractivity contribution in [3.63, 3.8) is 0 Å². The molecule has 1 aliphatic rings. The third-order valence-corrected chi connectivity index (χ3v) is 7.61. The average Bonchev–Trinajstić information content (AvgIpc) is 2.98. The van der Waals surface area contributed by atoms with Crippen LogP contribution in [-0.2, 0) is 9.47 Å². The first-order valence-corrected chi connectivity index (χ1v) is 13.7. The molecule has 2 atom stereocenters. The van der Waals surface area contributed by atoms with Crippen molar-refractivity contribution in [1.29, 1.82) is 0 Å². The summed E-state index contributed by atoms with van der Waals surface area (Å²) in [5.74, 6) is 1.37. The third kappa shape index (κ3) is 5.84. The molecule has 5 rings (SSSR count). The quantitative estimate of drug-likeness (QED) is 0.243. The lowest BCUT2D eigenvalue weighted by Crippen LogP contribution is -2.49. The van der Waals surface area contributed by atoms with E-state index in [1.165, 1.54) is 0 Å². The van der Waals surface area contributed by atoms with Crippen molar-refractivity contribution in [3.05, 3.63) is 82.2 Å². The van der Waals surface area contributed by atoms with E-state index in [0.717, 1.165) is 12.0 Å². The van der Waals surface area contributed by atoms with E-state index in [4.69, 9.17) is 28.1 Å². The Morgan fingerprint density at radius 2 is 1.74 bits per heavy atom. The fourth-order valence-electron chi connectivity index (χ4n) is 5.32. The Morgan fingerprint density at radius 1 is 0.952 bits per heavy atom. The van der Waals surface area contributed by atoms with E-state index in [0.29, 0.717) is 51.3 Å². The summed E-state index contributed by atoms with van der Waals surface area (Å²) >= 11 is 0. The van der Waals surface area contributed by atoms with Gasteiger partial charge in [-0.15, -0.1) is 0 Å². The molecule has 1 amide bonds. The number of benzene rings is 3. The minimum atomic E-state index is -0.671. The maximum absolute atomic E-state index is 13.2. The summed E-state index contributed by atoms with van der Waals surface area (Å²) in [7, 11) is 4.84. The van der Waals surface area contributed by atoms with Gasteiger partial charge in [0, 0.05) is 35.6 Å². The molecule has 0 saturated carbocycles. The van der Waals surface area contributed by atoms with E-state index in [1.54, 1.807) is 51.7 Å². The number of carbonyl (C=O) groups excluding carboxylic acids is 1. The zero-order valence-corrected chi connectivity index (χ0v) is 24.6. The first-order chi connectivity index (χ1) is 20.1. The zero-order chi connectivity index (χ0) is 30.0. The number of aryl methyl sites for hydroxylation is 1. The highest BCUT2D eigenvalue weighted by Gasteiger charge is 2.39. The largest absolute Gasteiger partial charge is 0.497 e. The summed E-state index contributed by atoms with van der Waals surface area (Å²) in [6.07, 6.45) is 0.986. The Bertz CT molecular complexity index is 1670. The fraction of sp³-hybridized carbons (Fsp3) is 0.333. The molecule has 4 aromatic rings. The van der Waals surface area contributed by atoms with Crippen molar-refractivity contribution < 1.29 is 32.9 Å². The molecule has 1 aromatic heterocycles. The molecule has 1 fully saturated rings. The number of nitrogens with one attached hydrogen (secondary N) is 1. The summed E-state index contributed by atoms with van der Waals surface area (Å²) in [6.45, 7) is 5.77. The highest BCUT2D eigenvalue weighted by molar-refractivity contribution is 6.05. The number of methoxy groups -OCH3 is 3. The summed E-state index contributed by atoms with van der Waals surface area (Å²) in [4.78, 5) is 26.2. The van der Waals surface area contributed by atoms with E-state index in [2.05, 4.69) is 5.32 Å². The van der Waals surface area contributed by atoms with Crippen molar-refractivity contribution in [2.75, 3.05) is 26.6 Å². The second-order valence-corrected chi connectivity index (χ2v) is 10.7. The number of anilines is 1. The molecule has 0 aliphatic carbocycles. The number of fused-ring (bicyclic) bond motifs is 1. The number of hydrogen-bond acceptors (Lipinski definition) is 8. The molecule has 9 heteroatoms. The second kappa shape index (κ2) is 11.9. The van der Waals surface area contributed by atoms with Gasteiger partial charge in [0.05, 0.1) is 25.9 Å². The van der Waals surface area contributed by atoms with Gasteiger partial charge in [0.25, 0.3) is 5.91 Å². The van der Waals surface area contributed by atoms with Crippen LogP contribution in [0.25, 0.3) is 22.1 Å². The number of amides is 1. The van der Waals surface area contributed by atoms with Gasteiger partial charge in [-0.1, -0.05) is 12.1 Å². The third-order valence-electron chi connectivity index (χ3n) is 7.61. The molecular formula is C33H35NO8. The number of carbonyl (C=O) groups is 1. The monoisotopic (exact) mass is 573 g/mol. The van der Waals surface area contributed by atoms with Crippen molar-refractivity contribution in [3.8, 4) is 28.4 Å². The molecule has 220 valence electrons. The van der Waals surface area contributed by atoms with Crippen LogP contribution in [0.1, 0.15) is 42.6 Å². The maximum atomic E-state index is 13.2. The van der Waals surface area contributed by atoms with Crippen LogP contribution in [0.4, 0.5) is 5.69 Å². The predicted molar refractivity (Wildman–Crippen MR) is 160 cm³/mol. The molecule has 0 bridgehead atoms. The lowest BCUT2D eigenvalue weighted by atomic mass is 9.94. The van der Waals surface area contributed by atoms with Crippen molar-refractivity contribution in [2.45, 2.75) is 51.6 Å². The molecule has 1 N–H and O–H groups in total. The van der Waals surface area contributed by atoms with Gasteiger partial charge in [0.15, 0.2) is 0 Å². The Balaban J connectivity index is 1.38. The first-order valence-electron chi connectivity index (χ1n) is 13.7. The molecule has 2 heterocycles. The Hall–Kier alpha value is -4.34. The smallest absolute Gasteiger partial charge is 0.360 e. The van der Waals surface area contributed by atoms with Crippen molar-refractivity contribution in [2.24, 2.45) is 0 Å². The molecule has 9 nitrogen and oxygen atoms in total. The van der Waals surface area contributed by atoms with Gasteiger partial charge in [-0.2, -0.15) is 0 Å². The predicted octanol–water partition coefficient (Wildman–Crippen LogP) is 6.35. The summed E-state index contributed by atoms with van der Waals surface area (Å²) in [6, 6.07) is 17.7. The van der Waals surface area contributed by atoms with Gasteiger partial charge < -0.3 is 33.4 Å². The maximum Gasteiger partial charge on any atom is 0.360 e. The fourth-order valence-corrected chi connectivity index (χ4v) is 5.32. The molecule has 1 saturated heterocycles. The van der Waals surface area contributed by atoms with Gasteiger partial charge in [-0.3, -0.25) is 4.79 Å². The van der Waals surface area contributed by atoms with E-state index < -0.39 is 23.4 Å². The van der Waals surface area contributed by atoms with Crippen LogP contribution in [0, 0.1) is 6.92 Å². The number of rotatable bonds is 8. The molecule has 3 aromatic carbocycles. The topological polar surface area (TPSA) is 105 Å². The molecule has 42 heavy (non-hydrogen) atoms. The van der Waals surface area contributed by atoms with Gasteiger partial charge in [-0.05, 0) is 81.3 Å². The Morgan fingerprint density at radius 3 is 2.45 bits per heavy atom. The van der Waals surface area contributed by atoms with E-state index in [1.807, 2.05) is 51.1 Å². The number of hydrogen-bond donors (Lipinski definition) is 1. The summed E-state index contributed by atoms with van der Waals surface area (Å²) in [5.41, 5.74) is 1.78. The lowest BCUT2D eigenvalue weighted by molar-refractivity contribution is -0.233. The summed E-state index contributed by atoms with van der Waals surface area (Å²) < 4.78 is 34.4. The van der Waals surface area contributed by atoms with Crippen LogP contribution in [-0.4, -0.2) is 45.2 Å². The molecule has 0 spiro atoms. The normalized spacial score (nSPS) is 18.0. The highest BCUT2D eigenvalue weighted by Crippen LogP contribution is 2.35. The number of ether oxygens (including phenoxy) is 5. The van der Waals surface area contributed by atoms with Crippen LogP contribution in [0.15, 0.2) is 69.9 Å². The van der Waals surface area contributed by atoms with Gasteiger partial charge in [0.2, 0.25) is 6.29 Å². The molecular weight excluding hydrogens is 538 g/mol. The first kappa shape index (κ1) is 29.2. The lowest BCUT2D eigenvalue weighted by Gasteiger charge is -2.41. The van der Waals surface area contributed by atoms with E-state index >= 15 is 0 Å². The zero-order valence-electron chi connectivity index (χ0n) is 24.6. The van der Waals surface area contributed by atoms with Crippen LogP contribution in [0.2, 0.25) is 0 Å². The second-order valence-electron chi connectivity index (χ2n) is 10.7. The van der Waals surface area contributed by atoms with E-state index in [9.17, 15) is 9.59 Å². The standard InChI is InChI=1S/C33H35NO8/c1-19-26(40-29-15-14-28(39-6)33(2,3)42-29)12-10-21-18-25(32(36)41-30(19)21)34-31(35)22-11-13-27(38-5)24(17-22)20-8-7-9-23(16-20)37-4/h7-13,16-18,28-29H,14-15H2,1-6H3,(H,34,35). The minimum absolute atomic E-state index is 0.0203. The van der Waals surface area contributed by atoms with Gasteiger partial charge >= 0.3 is 5.63 Å². The van der Waals surface area contributed by atoms with Gasteiger partial charge in [-0.25, -0.2) is 4.79 Å². The van der Waals surface area contributed by atoms with Crippen molar-refractivity contribution in [1.82, 2.24) is 0 Å². The van der Waals surface area contributed by atoms with Crippen LogP contribution in [0.5, 0.6) is 17.2 Å². The van der Waals surface area contributed by atoms with E-state index in [-0.39, 0.29) is 11.8 Å². The molecule has 2 unspecified atom stereocenters. The molecule has 1 aliphatic heterocycles. The van der Waals surface area contributed by atoms with Crippen LogP contribution in [0.3, 0.4) is 0 Å². The highest BCUT2D eigenvalue weighted by atomic mass is 16.7. The molecule has 0 radical (unpaired) electrons. The minimum Gasteiger partial charge on any atom is -0.497 e. The van der Waals surface area contributed by atoms with Crippen LogP contribution >= 0.6 is 0 Å². The average molecular weight is 574 g/mol. The Kier molecular flexibility index (Phi) is 8.24.